The van der Waals surface area contributed by atoms with Crippen LogP contribution in [0.2, 0.25) is 0 Å². The fourth-order valence-electron chi connectivity index (χ4n) is 4.01. The number of nitrogens with one attached hydrogen (secondary N) is 3. The van der Waals surface area contributed by atoms with Crippen LogP contribution in [0.5, 0.6) is 0 Å². The van der Waals surface area contributed by atoms with Crippen molar-refractivity contribution in [2.75, 3.05) is 13.7 Å². The van der Waals surface area contributed by atoms with E-state index in [9.17, 15) is 19.2 Å². The van der Waals surface area contributed by atoms with Gasteiger partial charge in [0.15, 0.2) is 0 Å². The van der Waals surface area contributed by atoms with Crippen LogP contribution in [-0.2, 0) is 30.3 Å². The van der Waals surface area contributed by atoms with Crippen LogP contribution in [0.4, 0.5) is 4.79 Å². The van der Waals surface area contributed by atoms with Crippen molar-refractivity contribution in [3.8, 4) is 0 Å². The number of fused-ring (bicyclic) bond motifs is 1. The number of esters is 1. The van der Waals surface area contributed by atoms with Gasteiger partial charge in [0.2, 0.25) is 11.8 Å². The van der Waals surface area contributed by atoms with E-state index in [4.69, 9.17) is 9.47 Å². The number of amides is 3. The topological polar surface area (TPSA) is 123 Å². The van der Waals surface area contributed by atoms with Crippen LogP contribution >= 0.6 is 0 Å². The summed E-state index contributed by atoms with van der Waals surface area (Å²) in [5.74, 6) is -1.78. The minimum Gasteiger partial charge on any atom is -0.467 e. The Morgan fingerprint density at radius 3 is 2.52 bits per heavy atom. The molecule has 3 rings (SSSR count). The summed E-state index contributed by atoms with van der Waals surface area (Å²) in [5, 5.41) is 8.05. The first-order chi connectivity index (χ1) is 15.6. The van der Waals surface area contributed by atoms with Gasteiger partial charge >= 0.3 is 12.1 Å². The van der Waals surface area contributed by atoms with Crippen molar-refractivity contribution in [1.82, 2.24) is 16.0 Å². The summed E-state index contributed by atoms with van der Waals surface area (Å²) in [4.78, 5) is 50.2. The first-order valence-electron chi connectivity index (χ1n) is 11.0. The normalized spacial score (nSPS) is 19.0. The Hall–Kier alpha value is -3.36. The van der Waals surface area contributed by atoms with E-state index in [1.165, 1.54) is 7.11 Å². The van der Waals surface area contributed by atoms with Crippen molar-refractivity contribution in [2.45, 2.75) is 57.7 Å². The van der Waals surface area contributed by atoms with E-state index in [0.29, 0.717) is 25.0 Å². The molecule has 0 saturated carbocycles. The van der Waals surface area contributed by atoms with E-state index in [0.717, 1.165) is 11.1 Å². The Morgan fingerprint density at radius 2 is 1.91 bits per heavy atom. The predicted molar refractivity (Wildman–Crippen MR) is 121 cm³/mol. The molecule has 0 spiro atoms. The molecule has 1 aromatic rings. The third-order valence-corrected chi connectivity index (χ3v) is 5.57. The molecule has 0 radical (unpaired) electrons. The van der Waals surface area contributed by atoms with Gasteiger partial charge in [0.1, 0.15) is 17.7 Å². The third kappa shape index (κ3) is 6.34. The molecule has 178 valence electrons. The summed E-state index contributed by atoms with van der Waals surface area (Å²) in [7, 11) is 1.22. The number of benzene rings is 1. The molecule has 3 N–H and O–H groups in total. The summed E-state index contributed by atoms with van der Waals surface area (Å²) in [5.41, 5.74) is 1.91. The Balaban J connectivity index is 1.80. The Morgan fingerprint density at radius 1 is 1.18 bits per heavy atom. The maximum absolute atomic E-state index is 13.3. The molecule has 1 fully saturated rings. The van der Waals surface area contributed by atoms with Crippen molar-refractivity contribution >= 4 is 30.0 Å². The number of methoxy groups -OCH3 is 1. The lowest BCUT2D eigenvalue weighted by molar-refractivity contribution is -0.146. The van der Waals surface area contributed by atoms with Gasteiger partial charge in [-0.15, -0.1) is 0 Å². The van der Waals surface area contributed by atoms with E-state index in [-0.39, 0.29) is 12.3 Å². The molecule has 1 saturated heterocycles. The minimum absolute atomic E-state index is 0.114. The Labute approximate surface area is 193 Å². The van der Waals surface area contributed by atoms with Crippen LogP contribution in [0.1, 0.15) is 44.7 Å². The second-order valence-electron chi connectivity index (χ2n) is 9.27. The van der Waals surface area contributed by atoms with E-state index in [1.54, 1.807) is 20.8 Å². The predicted octanol–water partition coefficient (Wildman–Crippen LogP) is 1.70. The van der Waals surface area contributed by atoms with E-state index in [2.05, 4.69) is 16.0 Å². The highest BCUT2D eigenvalue weighted by molar-refractivity contribution is 5.94. The summed E-state index contributed by atoms with van der Waals surface area (Å²) in [6, 6.07) is 5.61. The van der Waals surface area contributed by atoms with Crippen LogP contribution in [0, 0.1) is 5.92 Å². The summed E-state index contributed by atoms with van der Waals surface area (Å²) >= 11 is 0. The second-order valence-corrected chi connectivity index (χ2v) is 9.27. The smallest absolute Gasteiger partial charge is 0.408 e. The van der Waals surface area contributed by atoms with Gasteiger partial charge in [-0.1, -0.05) is 30.3 Å². The van der Waals surface area contributed by atoms with Gasteiger partial charge in [0.25, 0.3) is 0 Å². The Kier molecular flexibility index (Phi) is 7.40. The molecule has 3 amide bonds. The highest BCUT2D eigenvalue weighted by atomic mass is 16.6. The second kappa shape index (κ2) is 10.1. The zero-order valence-electron chi connectivity index (χ0n) is 19.4. The lowest BCUT2D eigenvalue weighted by Crippen LogP contribution is -2.53. The fourth-order valence-corrected chi connectivity index (χ4v) is 4.01. The number of hydrogen-bond acceptors (Lipinski definition) is 6. The molecule has 0 unspecified atom stereocenters. The molecule has 33 heavy (non-hydrogen) atoms. The first-order valence-corrected chi connectivity index (χ1v) is 11.0. The molecule has 9 nitrogen and oxygen atoms in total. The zero-order chi connectivity index (χ0) is 24.2. The Bertz CT molecular complexity index is 965. The third-order valence-electron chi connectivity index (χ3n) is 5.57. The van der Waals surface area contributed by atoms with Crippen LogP contribution in [0.15, 0.2) is 29.8 Å². The average molecular weight is 458 g/mol. The molecule has 0 aromatic heterocycles. The molecular formula is C24H31N3O6. The number of carbonyl (C=O) groups excluding carboxylic acids is 4. The average Bonchev–Trinajstić information content (AvgIpc) is 3.35. The highest BCUT2D eigenvalue weighted by Crippen LogP contribution is 2.27. The molecule has 1 heterocycles. The molecule has 1 aliphatic carbocycles. The fraction of sp³-hybridized carbons (Fsp3) is 0.500. The van der Waals surface area contributed by atoms with Crippen molar-refractivity contribution in [3.63, 3.8) is 0 Å². The number of rotatable bonds is 7. The van der Waals surface area contributed by atoms with E-state index in [1.807, 2.05) is 30.3 Å². The standard InChI is InChI=1S/C24H31N3O6/c1-24(2,3)33-23(31)27-19(17-11-14-7-5-6-8-15(14)12-17)21(29)26-18(22(30)32-4)13-16-9-10-25-20(16)28/h5-8,11,16,18-19H,9-10,12-13H2,1-4H3,(H,25,28)(H,26,29)(H,27,31)/t16-,18-,19-/m0/s1. The van der Waals surface area contributed by atoms with Crippen molar-refractivity contribution in [3.05, 3.63) is 41.0 Å². The van der Waals surface area contributed by atoms with Gasteiger partial charge in [0, 0.05) is 12.5 Å². The van der Waals surface area contributed by atoms with Crippen molar-refractivity contribution < 1.29 is 28.7 Å². The molecule has 0 bridgehead atoms. The zero-order valence-corrected chi connectivity index (χ0v) is 19.4. The minimum atomic E-state index is -1.06. The van der Waals surface area contributed by atoms with Gasteiger partial charge in [-0.2, -0.15) is 0 Å². The maximum Gasteiger partial charge on any atom is 0.408 e. The lowest BCUT2D eigenvalue weighted by atomic mass is 9.97. The van der Waals surface area contributed by atoms with Crippen LogP contribution in [0.25, 0.3) is 6.08 Å². The molecule has 2 aliphatic rings. The van der Waals surface area contributed by atoms with Crippen LogP contribution < -0.4 is 16.0 Å². The SMILES string of the molecule is COC(=O)[C@H](C[C@@H]1CCNC1=O)NC(=O)[C@@H](NC(=O)OC(C)(C)C)C1=Cc2ccccc2C1. The summed E-state index contributed by atoms with van der Waals surface area (Å²) in [6.07, 6.45) is 2.27. The van der Waals surface area contributed by atoms with Gasteiger partial charge < -0.3 is 25.4 Å². The molecule has 1 aliphatic heterocycles. The number of ether oxygens (including phenoxy) is 2. The van der Waals surface area contributed by atoms with Gasteiger partial charge in [-0.25, -0.2) is 9.59 Å². The quantitative estimate of drug-likeness (QED) is 0.536. The lowest BCUT2D eigenvalue weighted by Gasteiger charge is -2.26. The number of hydrogen-bond donors (Lipinski definition) is 3. The molecule has 9 heteroatoms. The van der Waals surface area contributed by atoms with Gasteiger partial charge in [-0.3, -0.25) is 9.59 Å². The number of carbonyl (C=O) groups is 4. The summed E-state index contributed by atoms with van der Waals surface area (Å²) in [6.45, 7) is 5.71. The summed E-state index contributed by atoms with van der Waals surface area (Å²) < 4.78 is 10.2. The number of alkyl carbamates (subject to hydrolysis) is 1. The molecular weight excluding hydrogens is 426 g/mol. The highest BCUT2D eigenvalue weighted by Gasteiger charge is 2.35. The van der Waals surface area contributed by atoms with Crippen molar-refractivity contribution in [1.29, 1.82) is 0 Å². The van der Waals surface area contributed by atoms with Gasteiger partial charge in [-0.05, 0) is 56.7 Å². The maximum atomic E-state index is 13.3. The first kappa shape index (κ1) is 24.3. The van der Waals surface area contributed by atoms with Crippen molar-refractivity contribution in [2.24, 2.45) is 5.92 Å². The van der Waals surface area contributed by atoms with E-state index < -0.39 is 41.6 Å². The molecule has 1 aromatic carbocycles. The van der Waals surface area contributed by atoms with Gasteiger partial charge in [0.05, 0.1) is 7.11 Å². The monoisotopic (exact) mass is 457 g/mol. The van der Waals surface area contributed by atoms with Crippen LogP contribution in [0.3, 0.4) is 0 Å². The van der Waals surface area contributed by atoms with E-state index >= 15 is 0 Å². The van der Waals surface area contributed by atoms with Crippen LogP contribution in [-0.4, -0.2) is 55.2 Å². The molecule has 3 atom stereocenters. The largest absolute Gasteiger partial charge is 0.467 e.